The molecule has 3 atom stereocenters. The molecular formula is C27H17ClIN3O. The predicted molar refractivity (Wildman–Crippen MR) is 137 cm³/mol. The molecule has 2 heterocycles. The van der Waals surface area contributed by atoms with Crippen LogP contribution in [0.25, 0.3) is 6.08 Å². The van der Waals surface area contributed by atoms with Crippen LogP contribution in [0.2, 0.25) is 5.02 Å². The first-order valence-corrected chi connectivity index (χ1v) is 11.9. The second kappa shape index (κ2) is 8.33. The van der Waals surface area contributed by atoms with Crippen LogP contribution in [0, 0.1) is 31.6 Å². The number of hydrogen-bond donors (Lipinski definition) is 0. The number of nitriles is 2. The molecule has 33 heavy (non-hydrogen) atoms. The number of nitrogens with zero attached hydrogens (tertiary/aromatic N) is 3. The molecule has 3 aromatic carbocycles. The highest BCUT2D eigenvalue weighted by Gasteiger charge is 2.63. The van der Waals surface area contributed by atoms with Gasteiger partial charge in [-0.1, -0.05) is 66.2 Å². The molecule has 3 unspecified atom stereocenters. The maximum Gasteiger partial charge on any atom is 0.185 e. The minimum atomic E-state index is -1.45. The van der Waals surface area contributed by atoms with Crippen molar-refractivity contribution < 1.29 is 4.79 Å². The van der Waals surface area contributed by atoms with E-state index in [2.05, 4.69) is 34.7 Å². The van der Waals surface area contributed by atoms with Crippen LogP contribution in [-0.4, -0.2) is 17.9 Å². The van der Waals surface area contributed by atoms with Crippen LogP contribution in [0.4, 0.5) is 5.69 Å². The van der Waals surface area contributed by atoms with Gasteiger partial charge in [-0.3, -0.25) is 4.79 Å². The Bertz CT molecular complexity index is 1340. The van der Waals surface area contributed by atoms with Crippen LogP contribution >= 0.6 is 34.2 Å². The van der Waals surface area contributed by atoms with E-state index in [4.69, 9.17) is 11.6 Å². The van der Waals surface area contributed by atoms with Gasteiger partial charge in [0, 0.05) is 25.8 Å². The standard InChI is InChI=1S/C27H17ClIN3O/c28-20-9-12-22-19(14-20)8-13-23-27(15-30,16-31)24(17-6-10-21(29)11-7-17)25(32(22)23)26(33)18-4-2-1-3-5-18/h1-14,23-25H. The summed E-state index contributed by atoms with van der Waals surface area (Å²) in [6.45, 7) is 0. The molecule has 0 radical (unpaired) electrons. The molecule has 2 aliphatic rings. The third-order valence-electron chi connectivity index (χ3n) is 6.52. The highest BCUT2D eigenvalue weighted by atomic mass is 127. The first-order chi connectivity index (χ1) is 16.0. The van der Waals surface area contributed by atoms with Gasteiger partial charge in [0.2, 0.25) is 0 Å². The fourth-order valence-electron chi connectivity index (χ4n) is 5.08. The van der Waals surface area contributed by atoms with Crippen molar-refractivity contribution in [3.05, 3.63) is 104 Å². The van der Waals surface area contributed by atoms with Gasteiger partial charge >= 0.3 is 0 Å². The van der Waals surface area contributed by atoms with Crippen molar-refractivity contribution in [2.75, 3.05) is 4.90 Å². The molecule has 2 aliphatic heterocycles. The quantitative estimate of drug-likeness (QED) is 0.281. The molecule has 1 saturated heterocycles. The number of ketones is 1. The Morgan fingerprint density at radius 1 is 1.00 bits per heavy atom. The summed E-state index contributed by atoms with van der Waals surface area (Å²) in [6, 6.07) is 25.6. The van der Waals surface area contributed by atoms with E-state index in [1.165, 1.54) is 0 Å². The molecule has 1 fully saturated rings. The molecule has 0 bridgehead atoms. The summed E-state index contributed by atoms with van der Waals surface area (Å²) in [5, 5.41) is 21.5. The average Bonchev–Trinajstić information content (AvgIpc) is 3.15. The van der Waals surface area contributed by atoms with E-state index >= 15 is 0 Å². The van der Waals surface area contributed by atoms with Gasteiger partial charge in [-0.2, -0.15) is 10.5 Å². The molecule has 0 saturated carbocycles. The third-order valence-corrected chi connectivity index (χ3v) is 7.48. The first kappa shape index (κ1) is 21.7. The van der Waals surface area contributed by atoms with Crippen molar-refractivity contribution in [3.8, 4) is 12.1 Å². The van der Waals surface area contributed by atoms with Gasteiger partial charge in [0.05, 0.1) is 18.2 Å². The van der Waals surface area contributed by atoms with Gasteiger partial charge in [0.15, 0.2) is 11.2 Å². The van der Waals surface area contributed by atoms with E-state index in [1.54, 1.807) is 18.2 Å². The van der Waals surface area contributed by atoms with Crippen LogP contribution in [-0.2, 0) is 0 Å². The van der Waals surface area contributed by atoms with E-state index in [1.807, 2.05) is 71.6 Å². The van der Waals surface area contributed by atoms with Crippen molar-refractivity contribution in [1.82, 2.24) is 0 Å². The minimum Gasteiger partial charge on any atom is -0.351 e. The zero-order chi connectivity index (χ0) is 23.2. The highest BCUT2D eigenvalue weighted by Crippen LogP contribution is 2.55. The fourth-order valence-corrected chi connectivity index (χ4v) is 5.62. The zero-order valence-electron chi connectivity index (χ0n) is 17.3. The number of anilines is 1. The average molecular weight is 562 g/mol. The number of Topliss-reactive ketones (excluding diaryl/α,β-unsaturated/α-hetero) is 1. The minimum absolute atomic E-state index is 0.118. The van der Waals surface area contributed by atoms with E-state index in [-0.39, 0.29) is 5.78 Å². The lowest BCUT2D eigenvalue weighted by atomic mass is 9.69. The van der Waals surface area contributed by atoms with E-state index in [0.29, 0.717) is 10.6 Å². The Hall–Kier alpha value is -3.13. The summed E-state index contributed by atoms with van der Waals surface area (Å²) in [7, 11) is 0. The second-order valence-corrected chi connectivity index (χ2v) is 9.89. The highest BCUT2D eigenvalue weighted by molar-refractivity contribution is 14.1. The van der Waals surface area contributed by atoms with Gasteiger partial charge in [0.1, 0.15) is 6.04 Å². The van der Waals surface area contributed by atoms with E-state index in [0.717, 1.165) is 20.4 Å². The summed E-state index contributed by atoms with van der Waals surface area (Å²) >= 11 is 8.46. The number of benzene rings is 3. The summed E-state index contributed by atoms with van der Waals surface area (Å²) in [5.41, 5.74) is 1.55. The molecule has 160 valence electrons. The van der Waals surface area contributed by atoms with Crippen LogP contribution < -0.4 is 4.90 Å². The monoisotopic (exact) mass is 561 g/mol. The Kier molecular flexibility index (Phi) is 5.48. The molecule has 0 aliphatic carbocycles. The molecular weight excluding hydrogens is 545 g/mol. The summed E-state index contributed by atoms with van der Waals surface area (Å²) in [6.07, 6.45) is 3.76. The smallest absolute Gasteiger partial charge is 0.185 e. The molecule has 0 N–H and O–H groups in total. The van der Waals surface area contributed by atoms with Gasteiger partial charge in [-0.15, -0.1) is 0 Å². The molecule has 0 amide bonds. The second-order valence-electron chi connectivity index (χ2n) is 8.21. The number of carbonyl (C=O) groups is 1. The summed E-state index contributed by atoms with van der Waals surface area (Å²) in [5.74, 6) is -0.763. The van der Waals surface area contributed by atoms with Crippen LogP contribution in [0.5, 0.6) is 0 Å². The van der Waals surface area contributed by atoms with E-state index in [9.17, 15) is 15.3 Å². The molecule has 6 heteroatoms. The molecule has 0 spiro atoms. The fraction of sp³-hybridized carbons (Fsp3) is 0.148. The Balaban J connectivity index is 1.79. The maximum absolute atomic E-state index is 14.0. The topological polar surface area (TPSA) is 67.9 Å². The van der Waals surface area contributed by atoms with Gasteiger partial charge in [0.25, 0.3) is 0 Å². The van der Waals surface area contributed by atoms with Crippen LogP contribution in [0.1, 0.15) is 27.4 Å². The normalized spacial score (nSPS) is 22.1. The largest absolute Gasteiger partial charge is 0.351 e. The number of carbonyl (C=O) groups excluding carboxylic acids is 1. The van der Waals surface area contributed by atoms with Crippen molar-refractivity contribution in [2.45, 2.75) is 18.0 Å². The Morgan fingerprint density at radius 3 is 2.36 bits per heavy atom. The summed E-state index contributed by atoms with van der Waals surface area (Å²) in [4.78, 5) is 16.0. The summed E-state index contributed by atoms with van der Waals surface area (Å²) < 4.78 is 1.04. The van der Waals surface area contributed by atoms with Crippen molar-refractivity contribution in [2.24, 2.45) is 5.41 Å². The van der Waals surface area contributed by atoms with Crippen LogP contribution in [0.15, 0.2) is 78.9 Å². The lowest BCUT2D eigenvalue weighted by molar-refractivity contribution is 0.0951. The van der Waals surface area contributed by atoms with Gasteiger partial charge in [-0.25, -0.2) is 0 Å². The first-order valence-electron chi connectivity index (χ1n) is 10.4. The molecule has 5 rings (SSSR count). The zero-order valence-corrected chi connectivity index (χ0v) is 20.2. The number of rotatable bonds is 3. The van der Waals surface area contributed by atoms with Crippen LogP contribution in [0.3, 0.4) is 0 Å². The number of fused-ring (bicyclic) bond motifs is 3. The van der Waals surface area contributed by atoms with Crippen molar-refractivity contribution in [3.63, 3.8) is 0 Å². The van der Waals surface area contributed by atoms with E-state index < -0.39 is 23.4 Å². The Labute approximate surface area is 210 Å². The lowest BCUT2D eigenvalue weighted by Crippen LogP contribution is -2.44. The Morgan fingerprint density at radius 2 is 1.70 bits per heavy atom. The maximum atomic E-state index is 14.0. The number of halogens is 2. The van der Waals surface area contributed by atoms with Gasteiger partial charge in [-0.05, 0) is 64.0 Å². The predicted octanol–water partition coefficient (Wildman–Crippen LogP) is 6.23. The SMILES string of the molecule is N#CC1(C#N)C(c2ccc(I)cc2)C(C(=O)c2ccccc2)N2c3ccc(Cl)cc3C=CC21. The van der Waals surface area contributed by atoms with Crippen molar-refractivity contribution in [1.29, 1.82) is 10.5 Å². The van der Waals surface area contributed by atoms with Gasteiger partial charge < -0.3 is 4.90 Å². The third kappa shape index (κ3) is 3.35. The molecule has 4 nitrogen and oxygen atoms in total. The number of hydrogen-bond acceptors (Lipinski definition) is 4. The molecule has 3 aromatic rings. The van der Waals surface area contributed by atoms with Crippen molar-refractivity contribution >= 4 is 51.7 Å². The molecule has 0 aromatic heterocycles. The lowest BCUT2D eigenvalue weighted by Gasteiger charge is -2.35.